The van der Waals surface area contributed by atoms with Crippen LogP contribution in [0.15, 0.2) is 48.8 Å². The van der Waals surface area contributed by atoms with Gasteiger partial charge in [-0.1, -0.05) is 51.1 Å². The summed E-state index contributed by atoms with van der Waals surface area (Å²) in [7, 11) is 0. The molecule has 0 atom stereocenters. The van der Waals surface area contributed by atoms with Gasteiger partial charge in [0, 0.05) is 18.0 Å². The van der Waals surface area contributed by atoms with E-state index < -0.39 is 0 Å². The lowest BCUT2D eigenvalue weighted by atomic mass is 9.87. The smallest absolute Gasteiger partial charge is 0.0346 e. The third-order valence-electron chi connectivity index (χ3n) is 2.71. The number of rotatable bonds is 1. The van der Waals surface area contributed by atoms with Crippen LogP contribution in [0.3, 0.4) is 0 Å². The molecule has 1 heterocycles. The highest BCUT2D eigenvalue weighted by Gasteiger charge is 2.14. The lowest BCUT2D eigenvalue weighted by molar-refractivity contribution is 0.588. The van der Waals surface area contributed by atoms with Crippen LogP contribution in [0.2, 0.25) is 0 Å². The predicted octanol–water partition coefficient (Wildman–Crippen LogP) is 4.05. The molecule has 0 fully saturated rings. The third-order valence-corrected chi connectivity index (χ3v) is 2.71. The third kappa shape index (κ3) is 2.30. The lowest BCUT2D eigenvalue weighted by Crippen LogP contribution is -2.11. The maximum atomic E-state index is 4.33. The lowest BCUT2D eigenvalue weighted by Gasteiger charge is -2.19. The van der Waals surface area contributed by atoms with E-state index in [-0.39, 0.29) is 5.41 Å². The second-order valence-corrected chi connectivity index (χ2v) is 5.08. The Morgan fingerprint density at radius 1 is 0.875 bits per heavy atom. The molecule has 0 saturated carbocycles. The van der Waals surface area contributed by atoms with Crippen LogP contribution in [-0.2, 0) is 5.41 Å². The van der Waals surface area contributed by atoms with Crippen LogP contribution in [0.25, 0.3) is 11.1 Å². The van der Waals surface area contributed by atoms with Gasteiger partial charge in [0.2, 0.25) is 0 Å². The summed E-state index contributed by atoms with van der Waals surface area (Å²) in [6.07, 6.45) is 3.87. The zero-order chi connectivity index (χ0) is 11.6. The summed E-state index contributed by atoms with van der Waals surface area (Å²) in [5.41, 5.74) is 3.83. The van der Waals surface area contributed by atoms with Crippen molar-refractivity contribution in [2.75, 3.05) is 0 Å². The van der Waals surface area contributed by atoms with Gasteiger partial charge in [-0.25, -0.2) is 0 Å². The number of aromatic nitrogens is 1. The standard InChI is InChI=1S/C15H17N/c1-15(2,3)14-9-13(10-16-11-14)12-7-5-4-6-8-12/h4-11H,1-3H3. The van der Waals surface area contributed by atoms with Crippen LogP contribution in [-0.4, -0.2) is 4.98 Å². The van der Waals surface area contributed by atoms with Crippen LogP contribution in [0.4, 0.5) is 0 Å². The molecule has 0 N–H and O–H groups in total. The average Bonchev–Trinajstić information content (AvgIpc) is 2.29. The molecule has 0 saturated heterocycles. The van der Waals surface area contributed by atoms with Gasteiger partial charge in [-0.05, 0) is 22.6 Å². The van der Waals surface area contributed by atoms with Crippen molar-refractivity contribution in [2.24, 2.45) is 0 Å². The Hall–Kier alpha value is -1.63. The van der Waals surface area contributed by atoms with Crippen LogP contribution in [0.1, 0.15) is 26.3 Å². The Balaban J connectivity index is 2.45. The van der Waals surface area contributed by atoms with E-state index in [1.165, 1.54) is 16.7 Å². The van der Waals surface area contributed by atoms with Crippen LogP contribution < -0.4 is 0 Å². The second-order valence-electron chi connectivity index (χ2n) is 5.08. The number of pyridine rings is 1. The molecule has 0 amide bonds. The van der Waals surface area contributed by atoms with Crippen molar-refractivity contribution in [3.8, 4) is 11.1 Å². The molecule has 1 nitrogen and oxygen atoms in total. The molecular weight excluding hydrogens is 194 g/mol. The Bertz CT molecular complexity index is 466. The summed E-state index contributed by atoms with van der Waals surface area (Å²) in [6.45, 7) is 6.62. The van der Waals surface area contributed by atoms with E-state index in [2.05, 4.69) is 56.1 Å². The van der Waals surface area contributed by atoms with Gasteiger partial charge in [0.1, 0.15) is 0 Å². The maximum Gasteiger partial charge on any atom is 0.0346 e. The van der Waals surface area contributed by atoms with E-state index in [1.54, 1.807) is 0 Å². The topological polar surface area (TPSA) is 12.9 Å². The first-order valence-corrected chi connectivity index (χ1v) is 5.58. The van der Waals surface area contributed by atoms with Crippen molar-refractivity contribution in [1.29, 1.82) is 0 Å². The van der Waals surface area contributed by atoms with E-state index >= 15 is 0 Å². The zero-order valence-corrected chi connectivity index (χ0v) is 10.1. The molecule has 2 rings (SSSR count). The fourth-order valence-electron chi connectivity index (χ4n) is 1.64. The Labute approximate surface area is 97.2 Å². The molecule has 82 valence electrons. The van der Waals surface area contributed by atoms with Gasteiger partial charge in [-0.3, -0.25) is 4.98 Å². The molecule has 16 heavy (non-hydrogen) atoms. The Kier molecular flexibility index (Phi) is 2.78. The largest absolute Gasteiger partial charge is 0.264 e. The molecular formula is C15H17N. The number of benzene rings is 1. The van der Waals surface area contributed by atoms with E-state index in [0.717, 1.165) is 0 Å². The maximum absolute atomic E-state index is 4.33. The average molecular weight is 211 g/mol. The van der Waals surface area contributed by atoms with Gasteiger partial charge in [0.05, 0.1) is 0 Å². The minimum absolute atomic E-state index is 0.151. The van der Waals surface area contributed by atoms with Crippen LogP contribution in [0, 0.1) is 0 Å². The summed E-state index contributed by atoms with van der Waals surface area (Å²) in [5.74, 6) is 0. The molecule has 1 aromatic carbocycles. The molecule has 0 bridgehead atoms. The summed E-state index contributed by atoms with van der Waals surface area (Å²) in [4.78, 5) is 4.33. The summed E-state index contributed by atoms with van der Waals surface area (Å²) < 4.78 is 0. The summed E-state index contributed by atoms with van der Waals surface area (Å²) >= 11 is 0. The van der Waals surface area contributed by atoms with Crippen molar-refractivity contribution >= 4 is 0 Å². The van der Waals surface area contributed by atoms with Gasteiger partial charge >= 0.3 is 0 Å². The molecule has 1 aromatic heterocycles. The second kappa shape index (κ2) is 4.09. The molecule has 0 spiro atoms. The fourth-order valence-corrected chi connectivity index (χ4v) is 1.64. The summed E-state index contributed by atoms with van der Waals surface area (Å²) in [6, 6.07) is 12.6. The molecule has 0 radical (unpaired) electrons. The van der Waals surface area contributed by atoms with E-state index in [1.807, 2.05) is 18.5 Å². The Morgan fingerprint density at radius 2 is 1.56 bits per heavy atom. The SMILES string of the molecule is CC(C)(C)c1cncc(-c2ccccc2)c1. The minimum Gasteiger partial charge on any atom is -0.264 e. The molecule has 0 aliphatic heterocycles. The molecule has 0 aliphatic rings. The number of hydrogen-bond donors (Lipinski definition) is 0. The van der Waals surface area contributed by atoms with Gasteiger partial charge in [-0.15, -0.1) is 0 Å². The highest BCUT2D eigenvalue weighted by atomic mass is 14.6. The van der Waals surface area contributed by atoms with E-state index in [9.17, 15) is 0 Å². The predicted molar refractivity (Wildman–Crippen MR) is 68.4 cm³/mol. The quantitative estimate of drug-likeness (QED) is 0.693. The first-order valence-electron chi connectivity index (χ1n) is 5.58. The molecule has 0 aliphatic carbocycles. The van der Waals surface area contributed by atoms with Crippen molar-refractivity contribution in [3.63, 3.8) is 0 Å². The van der Waals surface area contributed by atoms with Crippen molar-refractivity contribution in [1.82, 2.24) is 4.98 Å². The van der Waals surface area contributed by atoms with Crippen molar-refractivity contribution in [3.05, 3.63) is 54.4 Å². The highest BCUT2D eigenvalue weighted by Crippen LogP contribution is 2.26. The van der Waals surface area contributed by atoms with Gasteiger partial charge in [-0.2, -0.15) is 0 Å². The van der Waals surface area contributed by atoms with Crippen molar-refractivity contribution in [2.45, 2.75) is 26.2 Å². The fraction of sp³-hybridized carbons (Fsp3) is 0.267. The first kappa shape index (κ1) is 10.9. The number of hydrogen-bond acceptors (Lipinski definition) is 1. The van der Waals surface area contributed by atoms with Crippen molar-refractivity contribution < 1.29 is 0 Å². The monoisotopic (exact) mass is 211 g/mol. The van der Waals surface area contributed by atoms with Gasteiger partial charge in [0.25, 0.3) is 0 Å². The van der Waals surface area contributed by atoms with Gasteiger partial charge in [0.15, 0.2) is 0 Å². The number of nitrogens with zero attached hydrogens (tertiary/aromatic N) is 1. The Morgan fingerprint density at radius 3 is 2.19 bits per heavy atom. The van der Waals surface area contributed by atoms with Gasteiger partial charge < -0.3 is 0 Å². The molecule has 2 aromatic rings. The minimum atomic E-state index is 0.151. The highest BCUT2D eigenvalue weighted by molar-refractivity contribution is 5.63. The summed E-state index contributed by atoms with van der Waals surface area (Å²) in [5, 5.41) is 0. The normalized spacial score (nSPS) is 11.4. The van der Waals surface area contributed by atoms with Crippen LogP contribution in [0.5, 0.6) is 0 Å². The van der Waals surface area contributed by atoms with Crippen LogP contribution >= 0.6 is 0 Å². The van der Waals surface area contributed by atoms with E-state index in [4.69, 9.17) is 0 Å². The first-order chi connectivity index (χ1) is 7.57. The zero-order valence-electron chi connectivity index (χ0n) is 10.1. The molecule has 1 heteroatoms. The molecule has 0 unspecified atom stereocenters. The van der Waals surface area contributed by atoms with E-state index in [0.29, 0.717) is 0 Å².